The highest BCUT2D eigenvalue weighted by atomic mass is 15.1. The van der Waals surface area contributed by atoms with Crippen molar-refractivity contribution in [2.24, 2.45) is 5.73 Å². The van der Waals surface area contributed by atoms with E-state index in [2.05, 4.69) is 50.2 Å². The molecule has 0 radical (unpaired) electrons. The Morgan fingerprint density at radius 1 is 1.25 bits per heavy atom. The van der Waals surface area contributed by atoms with E-state index in [1.165, 1.54) is 24.0 Å². The molecule has 1 aliphatic carbocycles. The zero-order chi connectivity index (χ0) is 11.8. The number of hydrogen-bond donors (Lipinski definition) is 1. The first kappa shape index (κ1) is 11.6. The lowest BCUT2D eigenvalue weighted by Crippen LogP contribution is -2.36. The third-order valence-electron chi connectivity index (χ3n) is 4.13. The van der Waals surface area contributed by atoms with Gasteiger partial charge in [-0.1, -0.05) is 24.3 Å². The largest absolute Gasteiger partial charge is 0.326 e. The molecule has 1 saturated carbocycles. The van der Waals surface area contributed by atoms with Crippen molar-refractivity contribution in [3.8, 4) is 0 Å². The van der Waals surface area contributed by atoms with Gasteiger partial charge in [0.05, 0.1) is 0 Å². The fraction of sp³-hybridized carbons (Fsp3) is 0.571. The Hall–Kier alpha value is -0.860. The topological polar surface area (TPSA) is 29.3 Å². The fourth-order valence-electron chi connectivity index (χ4n) is 2.55. The molecule has 2 N–H and O–H groups in total. The van der Waals surface area contributed by atoms with E-state index in [4.69, 9.17) is 5.73 Å². The molecule has 1 aromatic rings. The van der Waals surface area contributed by atoms with Gasteiger partial charge in [0.15, 0.2) is 0 Å². The molecule has 2 nitrogen and oxygen atoms in total. The lowest BCUT2D eigenvalue weighted by molar-refractivity contribution is 0.259. The average molecular weight is 218 g/mol. The lowest BCUT2D eigenvalue weighted by Gasteiger charge is -2.30. The molecule has 0 aliphatic heterocycles. The Kier molecular flexibility index (Phi) is 3.04. The van der Waals surface area contributed by atoms with Crippen LogP contribution in [0, 0.1) is 0 Å². The van der Waals surface area contributed by atoms with Crippen molar-refractivity contribution in [1.82, 2.24) is 4.90 Å². The molecule has 0 amide bonds. The molecule has 16 heavy (non-hydrogen) atoms. The van der Waals surface area contributed by atoms with Gasteiger partial charge in [0.25, 0.3) is 0 Å². The van der Waals surface area contributed by atoms with Crippen LogP contribution in [0.1, 0.15) is 30.9 Å². The Labute approximate surface area is 98.4 Å². The van der Waals surface area contributed by atoms with Gasteiger partial charge in [-0.15, -0.1) is 0 Å². The summed E-state index contributed by atoms with van der Waals surface area (Å²) in [6, 6.07) is 9.45. The van der Waals surface area contributed by atoms with Crippen LogP contribution >= 0.6 is 0 Å². The van der Waals surface area contributed by atoms with Crippen LogP contribution in [0.4, 0.5) is 0 Å². The van der Waals surface area contributed by atoms with E-state index in [1.54, 1.807) is 0 Å². The minimum absolute atomic E-state index is 0.399. The quantitative estimate of drug-likeness (QED) is 0.839. The highest BCUT2D eigenvalue weighted by Crippen LogP contribution is 2.52. The zero-order valence-corrected chi connectivity index (χ0v) is 10.5. The molecule has 0 bridgehead atoms. The summed E-state index contributed by atoms with van der Waals surface area (Å²) in [5.74, 6) is 0. The fourth-order valence-corrected chi connectivity index (χ4v) is 2.55. The van der Waals surface area contributed by atoms with Gasteiger partial charge in [0, 0.05) is 18.0 Å². The molecule has 1 atom stereocenters. The molecular formula is C14H22N2. The van der Waals surface area contributed by atoms with Crippen LogP contribution in [0.25, 0.3) is 0 Å². The van der Waals surface area contributed by atoms with Crippen molar-refractivity contribution >= 4 is 0 Å². The first-order valence-electron chi connectivity index (χ1n) is 6.06. The van der Waals surface area contributed by atoms with Crippen LogP contribution < -0.4 is 5.73 Å². The van der Waals surface area contributed by atoms with E-state index in [0.717, 1.165) is 0 Å². The first-order valence-corrected chi connectivity index (χ1v) is 6.06. The standard InChI is InChI=1S/C14H22N2/c1-11(16(2)3)14(8-9-14)13-6-4-12(10-15)5-7-13/h4-7,11H,8-10,15H2,1-3H3. The number of hydrogen-bond acceptors (Lipinski definition) is 2. The third kappa shape index (κ3) is 1.87. The predicted octanol–water partition coefficient (Wildman–Crippen LogP) is 2.13. The smallest absolute Gasteiger partial charge is 0.0178 e. The molecule has 1 fully saturated rings. The molecule has 88 valence electrons. The van der Waals surface area contributed by atoms with Crippen molar-refractivity contribution in [2.45, 2.75) is 37.8 Å². The maximum absolute atomic E-state index is 5.62. The lowest BCUT2D eigenvalue weighted by atomic mass is 9.88. The number of benzene rings is 1. The van der Waals surface area contributed by atoms with Gasteiger partial charge < -0.3 is 10.6 Å². The molecule has 1 unspecified atom stereocenters. The van der Waals surface area contributed by atoms with Gasteiger partial charge in [-0.3, -0.25) is 0 Å². The summed E-state index contributed by atoms with van der Waals surface area (Å²) >= 11 is 0. The second-order valence-corrected chi connectivity index (χ2v) is 5.20. The highest BCUT2D eigenvalue weighted by Gasteiger charge is 2.49. The molecule has 1 aromatic carbocycles. The number of rotatable bonds is 4. The van der Waals surface area contributed by atoms with Crippen LogP contribution in [-0.2, 0) is 12.0 Å². The van der Waals surface area contributed by atoms with Crippen molar-refractivity contribution in [3.05, 3.63) is 35.4 Å². The summed E-state index contributed by atoms with van der Waals surface area (Å²) < 4.78 is 0. The van der Waals surface area contributed by atoms with E-state index in [-0.39, 0.29) is 0 Å². The van der Waals surface area contributed by atoms with E-state index < -0.39 is 0 Å². The summed E-state index contributed by atoms with van der Waals surface area (Å²) in [5.41, 5.74) is 8.72. The maximum atomic E-state index is 5.62. The van der Waals surface area contributed by atoms with Gasteiger partial charge in [-0.05, 0) is 45.0 Å². The number of nitrogens with two attached hydrogens (primary N) is 1. The Balaban J connectivity index is 2.23. The molecule has 0 spiro atoms. The molecule has 0 saturated heterocycles. The van der Waals surface area contributed by atoms with Crippen LogP contribution in [-0.4, -0.2) is 25.0 Å². The summed E-state index contributed by atoms with van der Waals surface area (Å²) in [7, 11) is 4.33. The average Bonchev–Trinajstić information content (AvgIpc) is 3.09. The predicted molar refractivity (Wildman–Crippen MR) is 68.4 cm³/mol. The van der Waals surface area contributed by atoms with Crippen molar-refractivity contribution in [3.63, 3.8) is 0 Å². The van der Waals surface area contributed by atoms with E-state index in [1.807, 2.05) is 0 Å². The number of likely N-dealkylation sites (N-methyl/N-ethyl adjacent to an activating group) is 1. The van der Waals surface area contributed by atoms with E-state index in [9.17, 15) is 0 Å². The maximum Gasteiger partial charge on any atom is 0.0178 e. The van der Waals surface area contributed by atoms with Crippen molar-refractivity contribution < 1.29 is 0 Å². The van der Waals surface area contributed by atoms with Crippen molar-refractivity contribution in [2.75, 3.05) is 14.1 Å². The Morgan fingerprint density at radius 3 is 2.19 bits per heavy atom. The molecule has 2 heteroatoms. The summed E-state index contributed by atoms with van der Waals surface area (Å²) in [4.78, 5) is 2.32. The molecule has 0 aromatic heterocycles. The minimum atomic E-state index is 0.399. The normalized spacial score (nSPS) is 19.8. The van der Waals surface area contributed by atoms with Crippen LogP contribution in [0.2, 0.25) is 0 Å². The summed E-state index contributed by atoms with van der Waals surface area (Å²) in [6.45, 7) is 2.96. The molecule has 1 aliphatic rings. The van der Waals surface area contributed by atoms with E-state index in [0.29, 0.717) is 18.0 Å². The number of nitrogens with zero attached hydrogens (tertiary/aromatic N) is 1. The first-order chi connectivity index (χ1) is 7.60. The Bertz CT molecular complexity index is 350. The van der Waals surface area contributed by atoms with Gasteiger partial charge in [0.1, 0.15) is 0 Å². The van der Waals surface area contributed by atoms with Gasteiger partial charge in [-0.25, -0.2) is 0 Å². The molecular weight excluding hydrogens is 196 g/mol. The van der Waals surface area contributed by atoms with E-state index >= 15 is 0 Å². The molecule has 0 heterocycles. The second kappa shape index (κ2) is 4.19. The van der Waals surface area contributed by atoms with Gasteiger partial charge in [-0.2, -0.15) is 0 Å². The highest BCUT2D eigenvalue weighted by molar-refractivity contribution is 5.35. The van der Waals surface area contributed by atoms with Crippen LogP contribution in [0.3, 0.4) is 0 Å². The second-order valence-electron chi connectivity index (χ2n) is 5.20. The third-order valence-corrected chi connectivity index (χ3v) is 4.13. The summed E-state index contributed by atoms with van der Waals surface area (Å²) in [6.07, 6.45) is 2.63. The van der Waals surface area contributed by atoms with Gasteiger partial charge >= 0.3 is 0 Å². The SMILES string of the molecule is CC(N(C)C)C1(c2ccc(CN)cc2)CC1. The van der Waals surface area contributed by atoms with Crippen LogP contribution in [0.15, 0.2) is 24.3 Å². The minimum Gasteiger partial charge on any atom is -0.326 e. The van der Waals surface area contributed by atoms with Crippen LogP contribution in [0.5, 0.6) is 0 Å². The zero-order valence-electron chi connectivity index (χ0n) is 10.5. The van der Waals surface area contributed by atoms with Crippen molar-refractivity contribution in [1.29, 1.82) is 0 Å². The molecule has 2 rings (SSSR count). The monoisotopic (exact) mass is 218 g/mol. The summed E-state index contributed by atoms with van der Waals surface area (Å²) in [5, 5.41) is 0. The Morgan fingerprint density at radius 2 is 1.81 bits per heavy atom. The van der Waals surface area contributed by atoms with Gasteiger partial charge in [0.2, 0.25) is 0 Å².